The number of nitrogens with one attached hydrogen (secondary N) is 1. The molecule has 34 heavy (non-hydrogen) atoms. The van der Waals surface area contributed by atoms with E-state index >= 15 is 0 Å². The van der Waals surface area contributed by atoms with Gasteiger partial charge in [0.2, 0.25) is 0 Å². The Morgan fingerprint density at radius 1 is 1.03 bits per heavy atom. The molecule has 0 aliphatic rings. The molecule has 3 aromatic rings. The molecule has 0 radical (unpaired) electrons. The standard InChI is InChI=1S/C26H26BrClN2O4/c1-4-32-21-10-8-19(9-11-21)29-15-18-12-22(27)26(24(13-18)33-5-2)34-16-25(31)30-20-7-6-17(3)23(28)14-20/h6-15H,4-5,16H2,1-3H3,(H,30,31). The van der Waals surface area contributed by atoms with Gasteiger partial charge in [-0.3, -0.25) is 9.79 Å². The van der Waals surface area contributed by atoms with Crippen LogP contribution in [0.15, 0.2) is 64.1 Å². The summed E-state index contributed by atoms with van der Waals surface area (Å²) in [5.41, 5.74) is 3.16. The first-order valence-electron chi connectivity index (χ1n) is 10.8. The van der Waals surface area contributed by atoms with Crippen molar-refractivity contribution in [2.24, 2.45) is 4.99 Å². The van der Waals surface area contributed by atoms with Crippen molar-refractivity contribution in [1.29, 1.82) is 0 Å². The lowest BCUT2D eigenvalue weighted by Crippen LogP contribution is -2.20. The molecule has 3 rings (SSSR count). The summed E-state index contributed by atoms with van der Waals surface area (Å²) in [6.45, 7) is 6.59. The number of hydrogen-bond acceptors (Lipinski definition) is 5. The van der Waals surface area contributed by atoms with Crippen molar-refractivity contribution in [2.45, 2.75) is 20.8 Å². The SMILES string of the molecule is CCOc1ccc(N=Cc2cc(Br)c(OCC(=O)Nc3ccc(C)c(Cl)c3)c(OCC)c2)cc1. The van der Waals surface area contributed by atoms with Crippen LogP contribution in [0, 0.1) is 6.92 Å². The highest BCUT2D eigenvalue weighted by Crippen LogP contribution is 2.37. The van der Waals surface area contributed by atoms with Crippen LogP contribution in [-0.4, -0.2) is 31.9 Å². The molecule has 0 atom stereocenters. The van der Waals surface area contributed by atoms with Gasteiger partial charge >= 0.3 is 0 Å². The van der Waals surface area contributed by atoms with Crippen LogP contribution in [0.25, 0.3) is 0 Å². The van der Waals surface area contributed by atoms with Crippen molar-refractivity contribution in [3.05, 3.63) is 75.2 Å². The topological polar surface area (TPSA) is 69.2 Å². The average molecular weight is 546 g/mol. The molecule has 6 nitrogen and oxygen atoms in total. The fourth-order valence-corrected chi connectivity index (χ4v) is 3.77. The lowest BCUT2D eigenvalue weighted by molar-refractivity contribution is -0.118. The monoisotopic (exact) mass is 544 g/mol. The van der Waals surface area contributed by atoms with Gasteiger partial charge in [-0.1, -0.05) is 17.7 Å². The molecule has 0 aromatic heterocycles. The number of anilines is 1. The minimum absolute atomic E-state index is 0.191. The maximum atomic E-state index is 12.4. The van der Waals surface area contributed by atoms with Gasteiger partial charge < -0.3 is 19.5 Å². The van der Waals surface area contributed by atoms with E-state index in [0.717, 1.165) is 22.6 Å². The average Bonchev–Trinajstić information content (AvgIpc) is 2.81. The summed E-state index contributed by atoms with van der Waals surface area (Å²) in [6, 6.07) is 16.5. The Bertz CT molecular complexity index is 1170. The summed E-state index contributed by atoms with van der Waals surface area (Å²) in [6.07, 6.45) is 1.74. The van der Waals surface area contributed by atoms with Crippen LogP contribution < -0.4 is 19.5 Å². The van der Waals surface area contributed by atoms with Crippen LogP contribution in [0.2, 0.25) is 5.02 Å². The highest BCUT2D eigenvalue weighted by Gasteiger charge is 2.14. The molecule has 0 aliphatic carbocycles. The number of aryl methyl sites for hydroxylation is 1. The molecule has 0 heterocycles. The summed E-state index contributed by atoms with van der Waals surface area (Å²) in [7, 11) is 0. The Balaban J connectivity index is 1.70. The van der Waals surface area contributed by atoms with E-state index < -0.39 is 0 Å². The molecule has 0 unspecified atom stereocenters. The summed E-state index contributed by atoms with van der Waals surface area (Å²) in [4.78, 5) is 16.9. The predicted molar refractivity (Wildman–Crippen MR) is 140 cm³/mol. The second-order valence-corrected chi connectivity index (χ2v) is 8.51. The number of halogens is 2. The zero-order chi connectivity index (χ0) is 24.5. The Labute approximate surface area is 213 Å². The van der Waals surface area contributed by atoms with Gasteiger partial charge in [-0.2, -0.15) is 0 Å². The quantitative estimate of drug-likeness (QED) is 0.279. The van der Waals surface area contributed by atoms with E-state index in [1.54, 1.807) is 18.3 Å². The van der Waals surface area contributed by atoms with Gasteiger partial charge in [0, 0.05) is 16.9 Å². The van der Waals surface area contributed by atoms with Crippen molar-refractivity contribution in [1.82, 2.24) is 0 Å². The van der Waals surface area contributed by atoms with E-state index in [9.17, 15) is 4.79 Å². The molecule has 1 N–H and O–H groups in total. The zero-order valence-corrected chi connectivity index (χ0v) is 21.6. The lowest BCUT2D eigenvalue weighted by Gasteiger charge is -2.15. The van der Waals surface area contributed by atoms with Crippen molar-refractivity contribution < 1.29 is 19.0 Å². The minimum atomic E-state index is -0.310. The number of benzene rings is 3. The van der Waals surface area contributed by atoms with Crippen molar-refractivity contribution in [2.75, 3.05) is 25.1 Å². The van der Waals surface area contributed by atoms with Gasteiger partial charge in [-0.05, 0) is 96.4 Å². The van der Waals surface area contributed by atoms with Gasteiger partial charge in [0.05, 0.1) is 23.4 Å². The van der Waals surface area contributed by atoms with E-state index in [-0.39, 0.29) is 12.5 Å². The van der Waals surface area contributed by atoms with E-state index in [0.29, 0.717) is 39.9 Å². The van der Waals surface area contributed by atoms with Crippen molar-refractivity contribution in [3.63, 3.8) is 0 Å². The predicted octanol–water partition coefficient (Wildman–Crippen LogP) is 6.98. The van der Waals surface area contributed by atoms with Crippen LogP contribution >= 0.6 is 27.5 Å². The number of rotatable bonds is 10. The summed E-state index contributed by atoms with van der Waals surface area (Å²) in [5, 5.41) is 3.36. The number of hydrogen-bond donors (Lipinski definition) is 1. The van der Waals surface area contributed by atoms with Gasteiger partial charge in [0.25, 0.3) is 5.91 Å². The van der Waals surface area contributed by atoms with Gasteiger partial charge in [-0.25, -0.2) is 0 Å². The highest BCUT2D eigenvalue weighted by molar-refractivity contribution is 9.10. The Morgan fingerprint density at radius 3 is 2.44 bits per heavy atom. The number of nitrogens with zero attached hydrogens (tertiary/aromatic N) is 1. The lowest BCUT2D eigenvalue weighted by atomic mass is 10.2. The number of carbonyl (C=O) groups is 1. The maximum Gasteiger partial charge on any atom is 0.262 e. The first-order valence-corrected chi connectivity index (χ1v) is 12.0. The number of amides is 1. The molecule has 178 valence electrons. The first kappa shape index (κ1) is 25.6. The molecule has 0 bridgehead atoms. The summed E-state index contributed by atoms with van der Waals surface area (Å²) >= 11 is 9.65. The van der Waals surface area contributed by atoms with Crippen LogP contribution in [0.3, 0.4) is 0 Å². The largest absolute Gasteiger partial charge is 0.494 e. The molecule has 0 saturated carbocycles. The number of ether oxygens (including phenoxy) is 3. The molecule has 0 saturated heterocycles. The number of aliphatic imine (C=N–C) groups is 1. The second kappa shape index (κ2) is 12.4. The van der Waals surface area contributed by atoms with Gasteiger partial charge in [-0.15, -0.1) is 0 Å². The van der Waals surface area contributed by atoms with E-state index in [2.05, 4.69) is 26.2 Å². The molecule has 0 spiro atoms. The van der Waals surface area contributed by atoms with Crippen LogP contribution in [0.5, 0.6) is 17.2 Å². The molecule has 1 amide bonds. The minimum Gasteiger partial charge on any atom is -0.494 e. The van der Waals surface area contributed by atoms with Gasteiger partial charge in [0.1, 0.15) is 5.75 Å². The maximum absolute atomic E-state index is 12.4. The van der Waals surface area contributed by atoms with Gasteiger partial charge in [0.15, 0.2) is 18.1 Å². The molecule has 8 heteroatoms. The van der Waals surface area contributed by atoms with E-state index in [1.807, 2.05) is 63.2 Å². The Kier molecular flexibility index (Phi) is 9.36. The first-order chi connectivity index (χ1) is 16.4. The molecular formula is C26H26BrClN2O4. The summed E-state index contributed by atoms with van der Waals surface area (Å²) < 4.78 is 17.6. The Hall–Kier alpha value is -3.03. The van der Waals surface area contributed by atoms with E-state index in [4.69, 9.17) is 25.8 Å². The molecular weight excluding hydrogens is 520 g/mol. The third-order valence-electron chi connectivity index (χ3n) is 4.65. The Morgan fingerprint density at radius 2 is 1.76 bits per heavy atom. The zero-order valence-electron chi connectivity index (χ0n) is 19.2. The molecule has 3 aromatic carbocycles. The van der Waals surface area contributed by atoms with Crippen molar-refractivity contribution >= 4 is 51.0 Å². The van der Waals surface area contributed by atoms with E-state index in [1.165, 1.54) is 0 Å². The molecule has 0 aliphatic heterocycles. The summed E-state index contributed by atoms with van der Waals surface area (Å²) in [5.74, 6) is 1.45. The fourth-order valence-electron chi connectivity index (χ4n) is 3.02. The van der Waals surface area contributed by atoms with Crippen molar-refractivity contribution in [3.8, 4) is 17.2 Å². The smallest absolute Gasteiger partial charge is 0.262 e. The third kappa shape index (κ3) is 7.23. The number of carbonyl (C=O) groups excluding carboxylic acids is 1. The second-order valence-electron chi connectivity index (χ2n) is 7.25. The van der Waals surface area contributed by atoms with Crippen LogP contribution in [0.1, 0.15) is 25.0 Å². The van der Waals surface area contributed by atoms with Crippen LogP contribution in [-0.2, 0) is 4.79 Å². The fraction of sp³-hybridized carbons (Fsp3) is 0.231. The molecule has 0 fully saturated rings. The highest BCUT2D eigenvalue weighted by atomic mass is 79.9. The third-order valence-corrected chi connectivity index (χ3v) is 5.64. The normalized spacial score (nSPS) is 10.9. The van der Waals surface area contributed by atoms with Crippen LogP contribution in [0.4, 0.5) is 11.4 Å².